The molecule has 9 heteroatoms. The van der Waals surface area contributed by atoms with Crippen LogP contribution in [0.1, 0.15) is 22.8 Å². The molecule has 0 unspecified atom stereocenters. The second kappa shape index (κ2) is 9.92. The van der Waals surface area contributed by atoms with Crippen LogP contribution in [0.2, 0.25) is 0 Å². The molecule has 1 aliphatic rings. The number of rotatable bonds is 5. The van der Waals surface area contributed by atoms with Crippen molar-refractivity contribution in [1.29, 1.82) is 0 Å². The van der Waals surface area contributed by atoms with Gasteiger partial charge in [-0.1, -0.05) is 6.07 Å². The molecule has 3 aromatic heterocycles. The minimum Gasteiger partial charge on any atom is -0.424 e. The molecule has 4 aromatic rings. The van der Waals surface area contributed by atoms with Crippen LogP contribution in [-0.2, 0) is 11.2 Å². The van der Waals surface area contributed by atoms with E-state index < -0.39 is 0 Å². The maximum absolute atomic E-state index is 13.5. The molecule has 0 spiro atoms. The van der Waals surface area contributed by atoms with Crippen molar-refractivity contribution < 1.29 is 14.3 Å². The first-order valence-corrected chi connectivity index (χ1v) is 11.6. The molecule has 1 atom stereocenters. The molecule has 0 aliphatic carbocycles. The molecule has 35 heavy (non-hydrogen) atoms. The largest absolute Gasteiger partial charge is 0.424 e. The van der Waals surface area contributed by atoms with Crippen LogP contribution >= 0.6 is 0 Å². The first-order chi connectivity index (χ1) is 17.0. The Bertz CT molecular complexity index is 1340. The van der Waals surface area contributed by atoms with E-state index in [9.17, 15) is 9.59 Å². The lowest BCUT2D eigenvalue weighted by atomic mass is 9.98. The molecule has 0 saturated carbocycles. The van der Waals surface area contributed by atoms with Gasteiger partial charge in [-0.2, -0.15) is 0 Å². The Kier molecular flexibility index (Phi) is 6.38. The highest BCUT2D eigenvalue weighted by Crippen LogP contribution is 2.22. The summed E-state index contributed by atoms with van der Waals surface area (Å²) in [6.45, 7) is 3.69. The smallest absolute Gasteiger partial charge is 0.321 e. The molecular formula is C26H26N6O3. The molecule has 1 aliphatic heterocycles. The fourth-order valence-electron chi connectivity index (χ4n) is 4.45. The number of carbonyl (C=O) groups excluding carboxylic acids is 2. The van der Waals surface area contributed by atoms with Crippen LogP contribution in [0.15, 0.2) is 67.3 Å². The maximum atomic E-state index is 13.5. The first kappa shape index (κ1) is 22.5. The van der Waals surface area contributed by atoms with Crippen molar-refractivity contribution >= 4 is 22.8 Å². The Hall–Kier alpha value is -4.27. The molecular weight excluding hydrogens is 444 g/mol. The zero-order chi connectivity index (χ0) is 24.2. The fraction of sp³-hybridized carbons (Fsp3) is 0.269. The highest BCUT2D eigenvalue weighted by molar-refractivity contribution is 5.94. The fourth-order valence-corrected chi connectivity index (χ4v) is 4.45. The van der Waals surface area contributed by atoms with Gasteiger partial charge in [0.15, 0.2) is 0 Å². The van der Waals surface area contributed by atoms with E-state index in [0.717, 1.165) is 23.0 Å². The van der Waals surface area contributed by atoms with Crippen molar-refractivity contribution in [3.05, 3.63) is 78.4 Å². The van der Waals surface area contributed by atoms with Gasteiger partial charge in [0, 0.05) is 68.8 Å². The number of pyridine rings is 1. The van der Waals surface area contributed by atoms with Crippen molar-refractivity contribution in [2.45, 2.75) is 13.3 Å². The van der Waals surface area contributed by atoms with E-state index in [2.05, 4.69) is 26.0 Å². The summed E-state index contributed by atoms with van der Waals surface area (Å²) in [5, 5.41) is 1.05. The summed E-state index contributed by atoms with van der Waals surface area (Å²) in [5.74, 6) is 0.492. The molecule has 1 saturated heterocycles. The topological polar surface area (TPSA) is 104 Å². The van der Waals surface area contributed by atoms with E-state index in [1.54, 1.807) is 49.6 Å². The standard InChI is InChI=1S/C26H26N6O3/c1-18(33)31-10-11-32(17-20(16-31)12-19-13-21-6-9-27-24(21)30-15-19)25(34)22-4-2-5-23(14-22)35-26-28-7-3-8-29-26/h2-9,13-15,20H,10-12,16-17H2,1H3,(H,27,30)/t20-/m0/s1. The van der Waals surface area contributed by atoms with Crippen molar-refractivity contribution in [2.24, 2.45) is 5.92 Å². The van der Waals surface area contributed by atoms with Crippen LogP contribution in [0.5, 0.6) is 11.8 Å². The number of H-pyrrole nitrogens is 1. The van der Waals surface area contributed by atoms with E-state index in [1.807, 2.05) is 28.3 Å². The predicted octanol–water partition coefficient (Wildman–Crippen LogP) is 3.31. The third-order valence-electron chi connectivity index (χ3n) is 6.14. The summed E-state index contributed by atoms with van der Waals surface area (Å²) in [5.41, 5.74) is 2.45. The number of amides is 2. The number of hydrogen-bond acceptors (Lipinski definition) is 6. The first-order valence-electron chi connectivity index (χ1n) is 11.6. The number of aromatic amines is 1. The minimum atomic E-state index is -0.0981. The van der Waals surface area contributed by atoms with Gasteiger partial charge in [-0.25, -0.2) is 15.0 Å². The third kappa shape index (κ3) is 5.29. The Morgan fingerprint density at radius 3 is 2.66 bits per heavy atom. The van der Waals surface area contributed by atoms with E-state index >= 15 is 0 Å². The number of nitrogens with one attached hydrogen (secondary N) is 1. The number of carbonyl (C=O) groups is 2. The summed E-state index contributed by atoms with van der Waals surface area (Å²) in [6.07, 6.45) is 7.64. The number of fused-ring (bicyclic) bond motifs is 1. The summed E-state index contributed by atoms with van der Waals surface area (Å²) in [4.78, 5) is 45.1. The van der Waals surface area contributed by atoms with Crippen LogP contribution < -0.4 is 4.74 Å². The number of hydrogen-bond donors (Lipinski definition) is 1. The van der Waals surface area contributed by atoms with Gasteiger partial charge in [0.25, 0.3) is 5.91 Å². The lowest BCUT2D eigenvalue weighted by Gasteiger charge is -2.24. The van der Waals surface area contributed by atoms with Crippen LogP contribution in [0.3, 0.4) is 0 Å². The lowest BCUT2D eigenvalue weighted by molar-refractivity contribution is -0.129. The Morgan fingerprint density at radius 2 is 1.83 bits per heavy atom. The molecule has 1 fully saturated rings. The van der Waals surface area contributed by atoms with Gasteiger partial charge in [0.2, 0.25) is 5.91 Å². The lowest BCUT2D eigenvalue weighted by Crippen LogP contribution is -2.36. The van der Waals surface area contributed by atoms with E-state index in [4.69, 9.17) is 4.74 Å². The molecule has 2 amide bonds. The minimum absolute atomic E-state index is 0.0155. The average molecular weight is 471 g/mol. The van der Waals surface area contributed by atoms with Crippen LogP contribution in [0, 0.1) is 5.92 Å². The van der Waals surface area contributed by atoms with Gasteiger partial charge in [-0.05, 0) is 54.3 Å². The van der Waals surface area contributed by atoms with Gasteiger partial charge >= 0.3 is 6.01 Å². The van der Waals surface area contributed by atoms with Crippen molar-refractivity contribution in [3.8, 4) is 11.8 Å². The van der Waals surface area contributed by atoms with Crippen molar-refractivity contribution in [3.63, 3.8) is 0 Å². The Balaban J connectivity index is 1.34. The Morgan fingerprint density at radius 1 is 1.03 bits per heavy atom. The number of nitrogens with zero attached hydrogens (tertiary/aromatic N) is 5. The van der Waals surface area contributed by atoms with E-state index in [0.29, 0.717) is 37.5 Å². The second-order valence-corrected chi connectivity index (χ2v) is 8.71. The molecule has 1 aromatic carbocycles. The normalized spacial score (nSPS) is 16.2. The molecule has 9 nitrogen and oxygen atoms in total. The number of ether oxygens (including phenoxy) is 1. The van der Waals surface area contributed by atoms with Crippen LogP contribution in [0.25, 0.3) is 11.0 Å². The highest BCUT2D eigenvalue weighted by Gasteiger charge is 2.28. The Labute approximate surface area is 202 Å². The SMILES string of the molecule is CC(=O)N1CCN(C(=O)c2cccc(Oc3ncccn3)c2)C[C@@H](Cc2cnc3[nH]ccc3c2)C1. The molecule has 4 heterocycles. The zero-order valence-corrected chi connectivity index (χ0v) is 19.4. The van der Waals surface area contributed by atoms with Gasteiger partial charge in [-0.3, -0.25) is 9.59 Å². The zero-order valence-electron chi connectivity index (χ0n) is 19.4. The van der Waals surface area contributed by atoms with Gasteiger partial charge < -0.3 is 19.5 Å². The number of aromatic nitrogens is 4. The van der Waals surface area contributed by atoms with Gasteiger partial charge in [0.05, 0.1) is 0 Å². The summed E-state index contributed by atoms with van der Waals surface area (Å²) < 4.78 is 5.70. The van der Waals surface area contributed by atoms with Gasteiger partial charge in [0.1, 0.15) is 11.4 Å². The monoisotopic (exact) mass is 470 g/mol. The highest BCUT2D eigenvalue weighted by atomic mass is 16.5. The number of benzene rings is 1. The molecule has 1 N–H and O–H groups in total. The van der Waals surface area contributed by atoms with Crippen molar-refractivity contribution in [2.75, 3.05) is 26.2 Å². The molecule has 0 bridgehead atoms. The summed E-state index contributed by atoms with van der Waals surface area (Å²) in [7, 11) is 0. The summed E-state index contributed by atoms with van der Waals surface area (Å²) >= 11 is 0. The predicted molar refractivity (Wildman–Crippen MR) is 130 cm³/mol. The van der Waals surface area contributed by atoms with Crippen molar-refractivity contribution in [1.82, 2.24) is 29.7 Å². The molecule has 178 valence electrons. The average Bonchev–Trinajstić information content (AvgIpc) is 3.23. The van der Waals surface area contributed by atoms with Gasteiger partial charge in [-0.15, -0.1) is 0 Å². The second-order valence-electron chi connectivity index (χ2n) is 8.71. The van der Waals surface area contributed by atoms with Crippen LogP contribution in [0.4, 0.5) is 0 Å². The maximum Gasteiger partial charge on any atom is 0.321 e. The van der Waals surface area contributed by atoms with Crippen LogP contribution in [-0.4, -0.2) is 67.7 Å². The van der Waals surface area contributed by atoms with E-state index in [-0.39, 0.29) is 23.7 Å². The summed E-state index contributed by atoms with van der Waals surface area (Å²) in [6, 6.07) is 13.0. The molecule has 5 rings (SSSR count). The van der Waals surface area contributed by atoms with E-state index in [1.165, 1.54) is 0 Å². The third-order valence-corrected chi connectivity index (χ3v) is 6.14. The molecule has 0 radical (unpaired) electrons. The quantitative estimate of drug-likeness (QED) is 0.480.